The van der Waals surface area contributed by atoms with Gasteiger partial charge in [0.05, 0.1) is 12.2 Å². The van der Waals surface area contributed by atoms with E-state index in [4.69, 9.17) is 4.74 Å². The topological polar surface area (TPSA) is 53.4 Å². The van der Waals surface area contributed by atoms with E-state index in [1.165, 1.54) is 37.7 Å². The third-order valence-electron chi connectivity index (χ3n) is 9.58. The normalized spacial score (nSPS) is 54.3. The largest absolute Gasteiger partial charge is 0.365 e. The Hall–Kier alpha value is -1.14. The summed E-state index contributed by atoms with van der Waals surface area (Å²) in [7, 11) is 0. The number of epoxide rings is 1. The number of rotatable bonds is 2. The fourth-order valence-electron chi connectivity index (χ4n) is 8.18. The minimum atomic E-state index is -0.0163. The minimum Gasteiger partial charge on any atom is -0.365 e. The SMILES string of the molecule is CC[C@H]1CC[C@H]2[C@@H]3[C@@H]4OC4C4=CC(=O)CC(CC#N)[C@]4(C)[C@H]3CC[C@]12C. The lowest BCUT2D eigenvalue weighted by atomic mass is 9.44. The van der Waals surface area contributed by atoms with Crippen molar-refractivity contribution in [1.82, 2.24) is 0 Å². The van der Waals surface area contributed by atoms with Gasteiger partial charge in [-0.2, -0.15) is 5.26 Å². The average Bonchev–Trinajstić information content (AvgIpc) is 3.32. The molecule has 1 aliphatic heterocycles. The van der Waals surface area contributed by atoms with Crippen LogP contribution in [0.15, 0.2) is 11.6 Å². The van der Waals surface area contributed by atoms with Crippen LogP contribution in [0.3, 0.4) is 0 Å². The van der Waals surface area contributed by atoms with Crippen LogP contribution in [0.2, 0.25) is 0 Å². The Bertz CT molecular complexity index is 720. The van der Waals surface area contributed by atoms with Gasteiger partial charge in [0, 0.05) is 12.8 Å². The highest BCUT2D eigenvalue weighted by Crippen LogP contribution is 2.71. The Labute approximate surface area is 157 Å². The zero-order valence-electron chi connectivity index (χ0n) is 16.3. The third-order valence-corrected chi connectivity index (χ3v) is 9.58. The van der Waals surface area contributed by atoms with Crippen molar-refractivity contribution in [3.63, 3.8) is 0 Å². The molecule has 0 spiro atoms. The summed E-state index contributed by atoms with van der Waals surface area (Å²) in [6.45, 7) is 7.29. The van der Waals surface area contributed by atoms with Crippen molar-refractivity contribution in [1.29, 1.82) is 5.26 Å². The summed E-state index contributed by atoms with van der Waals surface area (Å²) in [5.41, 5.74) is 1.70. The van der Waals surface area contributed by atoms with E-state index in [9.17, 15) is 10.1 Å². The van der Waals surface area contributed by atoms with E-state index in [-0.39, 0.29) is 23.2 Å². The molecule has 5 rings (SSSR count). The van der Waals surface area contributed by atoms with Crippen LogP contribution < -0.4 is 0 Å². The summed E-state index contributed by atoms with van der Waals surface area (Å²) in [5, 5.41) is 9.43. The first kappa shape index (κ1) is 17.0. The van der Waals surface area contributed by atoms with Gasteiger partial charge in [0.1, 0.15) is 6.10 Å². The van der Waals surface area contributed by atoms with Crippen LogP contribution in [-0.2, 0) is 9.53 Å². The first-order valence-corrected chi connectivity index (χ1v) is 10.7. The van der Waals surface area contributed by atoms with Crippen LogP contribution in [0.1, 0.15) is 65.7 Å². The molecule has 4 aliphatic carbocycles. The quantitative estimate of drug-likeness (QED) is 0.678. The van der Waals surface area contributed by atoms with Crippen molar-refractivity contribution in [3.05, 3.63) is 11.6 Å². The summed E-state index contributed by atoms with van der Waals surface area (Å²) >= 11 is 0. The molecule has 0 bridgehead atoms. The standard InChI is InChI=1S/C23H31NO2/c1-4-13-5-6-16-19-17(7-9-22(13,16)2)23(3)14(8-10-24)11-15(25)12-18(23)20-21(19)26-20/h12-14,16-17,19-21H,4-9,11H2,1-3H3/t13-,14?,16-,17-,19-,20?,21-,22+,23+/m0/s1. The maximum absolute atomic E-state index is 12.3. The Kier molecular flexibility index (Phi) is 3.56. The van der Waals surface area contributed by atoms with Gasteiger partial charge in [0.15, 0.2) is 5.78 Å². The molecule has 0 aromatic rings. The highest BCUT2D eigenvalue weighted by atomic mass is 16.6. The van der Waals surface area contributed by atoms with Gasteiger partial charge in [0.25, 0.3) is 0 Å². The molecule has 2 unspecified atom stereocenters. The second kappa shape index (κ2) is 5.44. The molecule has 26 heavy (non-hydrogen) atoms. The molecule has 0 aromatic carbocycles. The molecule has 140 valence electrons. The van der Waals surface area contributed by atoms with Gasteiger partial charge >= 0.3 is 0 Å². The van der Waals surface area contributed by atoms with E-state index in [0.717, 1.165) is 11.8 Å². The maximum atomic E-state index is 12.3. The average molecular weight is 354 g/mol. The van der Waals surface area contributed by atoms with Crippen LogP contribution in [0, 0.1) is 51.8 Å². The number of fused-ring (bicyclic) bond motifs is 8. The molecule has 0 aromatic heterocycles. The number of ether oxygens (including phenoxy) is 1. The van der Waals surface area contributed by atoms with E-state index in [0.29, 0.717) is 36.2 Å². The van der Waals surface area contributed by atoms with Gasteiger partial charge in [0.2, 0.25) is 0 Å². The smallest absolute Gasteiger partial charge is 0.156 e. The van der Waals surface area contributed by atoms with Crippen LogP contribution in [-0.4, -0.2) is 18.0 Å². The Morgan fingerprint density at radius 1 is 1.23 bits per heavy atom. The molecule has 5 aliphatic rings. The third kappa shape index (κ3) is 1.95. The van der Waals surface area contributed by atoms with Crippen molar-refractivity contribution in [2.45, 2.75) is 77.9 Å². The van der Waals surface area contributed by atoms with Crippen molar-refractivity contribution in [3.8, 4) is 6.07 Å². The highest BCUT2D eigenvalue weighted by molar-refractivity contribution is 5.92. The van der Waals surface area contributed by atoms with Crippen molar-refractivity contribution in [2.24, 2.45) is 40.4 Å². The van der Waals surface area contributed by atoms with Gasteiger partial charge in [-0.25, -0.2) is 0 Å². The fraction of sp³-hybridized carbons (Fsp3) is 0.826. The number of hydrogen-bond donors (Lipinski definition) is 0. The van der Waals surface area contributed by atoms with Gasteiger partial charge < -0.3 is 4.74 Å². The van der Waals surface area contributed by atoms with E-state index in [1.54, 1.807) is 0 Å². The molecule has 3 heteroatoms. The second-order valence-electron chi connectivity index (χ2n) is 10.2. The Balaban J connectivity index is 1.57. The molecule has 0 N–H and O–H groups in total. The maximum Gasteiger partial charge on any atom is 0.156 e. The number of nitrogens with zero attached hydrogens (tertiary/aromatic N) is 1. The fourth-order valence-corrected chi connectivity index (χ4v) is 8.18. The zero-order chi connectivity index (χ0) is 18.3. The second-order valence-corrected chi connectivity index (χ2v) is 10.2. The first-order chi connectivity index (χ1) is 12.4. The number of carbonyl (C=O) groups excluding carboxylic acids is 1. The number of ketones is 1. The van der Waals surface area contributed by atoms with Crippen molar-refractivity contribution < 1.29 is 9.53 Å². The van der Waals surface area contributed by atoms with Crippen LogP contribution in [0.25, 0.3) is 0 Å². The zero-order valence-corrected chi connectivity index (χ0v) is 16.3. The molecule has 9 atom stereocenters. The highest BCUT2D eigenvalue weighted by Gasteiger charge is 2.70. The van der Waals surface area contributed by atoms with Crippen LogP contribution in [0.5, 0.6) is 0 Å². The summed E-state index contributed by atoms with van der Waals surface area (Å²) in [6, 6.07) is 2.39. The predicted molar refractivity (Wildman–Crippen MR) is 99.0 cm³/mol. The Morgan fingerprint density at radius 3 is 2.77 bits per heavy atom. The number of carbonyl (C=O) groups is 1. The van der Waals surface area contributed by atoms with Gasteiger partial charge in [-0.05, 0) is 77.8 Å². The Morgan fingerprint density at radius 2 is 2.04 bits per heavy atom. The molecule has 3 nitrogen and oxygen atoms in total. The minimum absolute atomic E-state index is 0.0163. The van der Waals surface area contributed by atoms with Gasteiger partial charge in [-0.15, -0.1) is 0 Å². The lowest BCUT2D eigenvalue weighted by Crippen LogP contribution is -2.56. The first-order valence-electron chi connectivity index (χ1n) is 10.7. The van der Waals surface area contributed by atoms with Gasteiger partial charge in [-0.3, -0.25) is 4.79 Å². The predicted octanol–water partition coefficient (Wildman–Crippen LogP) is 4.67. The molecular weight excluding hydrogens is 322 g/mol. The summed E-state index contributed by atoms with van der Waals surface area (Å²) in [5.74, 6) is 3.21. The molecule has 1 saturated heterocycles. The van der Waals surface area contributed by atoms with Crippen LogP contribution >= 0.6 is 0 Å². The lowest BCUT2D eigenvalue weighted by molar-refractivity contribution is -0.120. The van der Waals surface area contributed by atoms with E-state index in [2.05, 4.69) is 26.8 Å². The van der Waals surface area contributed by atoms with E-state index in [1.807, 2.05) is 6.08 Å². The molecule has 4 fully saturated rings. The lowest BCUT2D eigenvalue weighted by Gasteiger charge is -2.58. The van der Waals surface area contributed by atoms with Crippen molar-refractivity contribution >= 4 is 5.78 Å². The van der Waals surface area contributed by atoms with E-state index >= 15 is 0 Å². The summed E-state index contributed by atoms with van der Waals surface area (Å²) in [6.07, 6.45) is 10.0. The monoisotopic (exact) mass is 353 g/mol. The molecule has 0 amide bonds. The number of hydrogen-bond acceptors (Lipinski definition) is 3. The molecular formula is C23H31NO2. The van der Waals surface area contributed by atoms with Gasteiger partial charge in [-0.1, -0.05) is 27.2 Å². The molecule has 3 saturated carbocycles. The van der Waals surface area contributed by atoms with Crippen molar-refractivity contribution in [2.75, 3.05) is 0 Å². The number of nitriles is 1. The molecule has 0 radical (unpaired) electrons. The van der Waals surface area contributed by atoms with Crippen LogP contribution in [0.4, 0.5) is 0 Å². The van der Waals surface area contributed by atoms with E-state index < -0.39 is 0 Å². The summed E-state index contributed by atoms with van der Waals surface area (Å²) in [4.78, 5) is 12.3. The summed E-state index contributed by atoms with van der Waals surface area (Å²) < 4.78 is 6.28. The molecule has 1 heterocycles.